The number of hydrogen-bond acceptors (Lipinski definition) is 4. The Hall–Kier alpha value is -1.89. The van der Waals surface area contributed by atoms with Crippen molar-refractivity contribution < 1.29 is 23.1 Å². The van der Waals surface area contributed by atoms with Gasteiger partial charge in [-0.15, -0.1) is 0 Å². The molecular formula is C16H19NO5S. The highest BCUT2D eigenvalue weighted by atomic mass is 32.2. The number of nitrogens with one attached hydrogen (secondary N) is 1. The molecule has 3 rings (SSSR count). The zero-order valence-corrected chi connectivity index (χ0v) is 13.6. The van der Waals surface area contributed by atoms with Gasteiger partial charge in [0.05, 0.1) is 10.5 Å². The van der Waals surface area contributed by atoms with E-state index < -0.39 is 15.8 Å². The lowest BCUT2D eigenvalue weighted by Crippen LogP contribution is -2.26. The van der Waals surface area contributed by atoms with Crippen molar-refractivity contribution in [3.63, 3.8) is 0 Å². The first kappa shape index (κ1) is 16.0. The maximum absolute atomic E-state index is 12.5. The van der Waals surface area contributed by atoms with Crippen LogP contribution in [0.1, 0.15) is 36.0 Å². The minimum atomic E-state index is -3.56. The molecule has 1 aromatic rings. The molecule has 1 aromatic carbocycles. The van der Waals surface area contributed by atoms with E-state index in [1.54, 1.807) is 0 Å². The smallest absolute Gasteiger partial charge is 0.335 e. The number of hydrogen-bond donors (Lipinski definition) is 2. The fourth-order valence-electron chi connectivity index (χ4n) is 2.96. The third-order valence-electron chi connectivity index (χ3n) is 4.41. The summed E-state index contributed by atoms with van der Waals surface area (Å²) in [6.07, 6.45) is 5.23. The fraction of sp³-hybridized carbons (Fsp3) is 0.500. The highest BCUT2D eigenvalue weighted by Crippen LogP contribution is 2.49. The Balaban J connectivity index is 1.87. The first-order chi connectivity index (χ1) is 10.8. The molecule has 0 heterocycles. The molecule has 7 heteroatoms. The van der Waals surface area contributed by atoms with Crippen LogP contribution in [0, 0.1) is 17.8 Å². The van der Waals surface area contributed by atoms with Crippen LogP contribution in [0.2, 0.25) is 0 Å². The number of benzene rings is 1. The van der Waals surface area contributed by atoms with E-state index in [2.05, 4.69) is 5.32 Å². The molecule has 0 aromatic heterocycles. The van der Waals surface area contributed by atoms with E-state index in [1.807, 2.05) is 0 Å². The predicted molar refractivity (Wildman–Crippen MR) is 84.1 cm³/mol. The number of carbonyl (C=O) groups excluding carboxylic acids is 1. The maximum Gasteiger partial charge on any atom is 0.335 e. The molecule has 2 fully saturated rings. The average molecular weight is 337 g/mol. The van der Waals surface area contributed by atoms with E-state index in [0.29, 0.717) is 11.8 Å². The molecule has 0 saturated heterocycles. The SMILES string of the molecule is CS(=O)(=O)c1cc(NC(=O)C(C2CC2)C2CC2)cc(C(=O)O)c1. The number of aromatic carboxylic acids is 1. The van der Waals surface area contributed by atoms with E-state index in [-0.39, 0.29) is 28.0 Å². The van der Waals surface area contributed by atoms with Gasteiger partial charge in [-0.1, -0.05) is 0 Å². The topological polar surface area (TPSA) is 101 Å². The monoisotopic (exact) mass is 337 g/mol. The van der Waals surface area contributed by atoms with Crippen LogP contribution < -0.4 is 5.32 Å². The third kappa shape index (κ3) is 3.72. The summed E-state index contributed by atoms with van der Waals surface area (Å²) >= 11 is 0. The van der Waals surface area contributed by atoms with Gasteiger partial charge in [0, 0.05) is 17.9 Å². The number of carboxylic acids is 1. The van der Waals surface area contributed by atoms with Gasteiger partial charge in [-0.25, -0.2) is 13.2 Å². The van der Waals surface area contributed by atoms with E-state index in [1.165, 1.54) is 12.1 Å². The number of sulfone groups is 1. The molecular weight excluding hydrogens is 318 g/mol. The summed E-state index contributed by atoms with van der Waals surface area (Å²) in [5, 5.41) is 11.9. The minimum absolute atomic E-state index is 0.0369. The number of amides is 1. The van der Waals surface area contributed by atoms with Crippen LogP contribution in [-0.4, -0.2) is 31.7 Å². The molecule has 2 N–H and O–H groups in total. The lowest BCUT2D eigenvalue weighted by Gasteiger charge is -2.16. The van der Waals surface area contributed by atoms with Crippen molar-refractivity contribution in [3.05, 3.63) is 23.8 Å². The standard InChI is InChI=1S/C16H19NO5S/c1-23(21,22)13-7-11(16(19)20)6-12(8-13)17-15(18)14(9-2-3-9)10-4-5-10/h6-10,14H,2-5H2,1H3,(H,17,18)(H,19,20). The van der Waals surface area contributed by atoms with Gasteiger partial charge in [-0.05, 0) is 55.7 Å². The maximum atomic E-state index is 12.5. The molecule has 124 valence electrons. The van der Waals surface area contributed by atoms with E-state index in [0.717, 1.165) is 38.0 Å². The Morgan fingerprint density at radius 2 is 1.70 bits per heavy atom. The highest BCUT2D eigenvalue weighted by molar-refractivity contribution is 7.90. The van der Waals surface area contributed by atoms with Crippen molar-refractivity contribution in [3.8, 4) is 0 Å². The molecule has 1 amide bonds. The van der Waals surface area contributed by atoms with Gasteiger partial charge in [0.2, 0.25) is 5.91 Å². The second-order valence-corrected chi connectivity index (χ2v) is 8.53. The van der Waals surface area contributed by atoms with Gasteiger partial charge in [0.25, 0.3) is 0 Å². The number of anilines is 1. The van der Waals surface area contributed by atoms with Crippen LogP contribution in [0.5, 0.6) is 0 Å². The Bertz CT molecular complexity index is 751. The van der Waals surface area contributed by atoms with Gasteiger partial charge >= 0.3 is 5.97 Å². The second-order valence-electron chi connectivity index (χ2n) is 6.51. The zero-order valence-electron chi connectivity index (χ0n) is 12.8. The minimum Gasteiger partial charge on any atom is -0.478 e. The summed E-state index contributed by atoms with van der Waals surface area (Å²) in [5.41, 5.74) is 0.0687. The third-order valence-corrected chi connectivity index (χ3v) is 5.50. The van der Waals surface area contributed by atoms with Crippen molar-refractivity contribution >= 4 is 27.4 Å². The largest absolute Gasteiger partial charge is 0.478 e. The molecule has 2 aliphatic rings. The van der Waals surface area contributed by atoms with Crippen LogP contribution in [-0.2, 0) is 14.6 Å². The molecule has 2 saturated carbocycles. The first-order valence-corrected chi connectivity index (χ1v) is 9.54. The first-order valence-electron chi connectivity index (χ1n) is 7.65. The van der Waals surface area contributed by atoms with Crippen LogP contribution in [0.4, 0.5) is 5.69 Å². The number of rotatable bonds is 6. The van der Waals surface area contributed by atoms with Gasteiger partial charge in [0.1, 0.15) is 0 Å². The fourth-order valence-corrected chi connectivity index (χ4v) is 3.64. The van der Waals surface area contributed by atoms with Crippen LogP contribution in [0.3, 0.4) is 0 Å². The molecule has 0 atom stereocenters. The Morgan fingerprint density at radius 1 is 1.13 bits per heavy atom. The summed E-state index contributed by atoms with van der Waals surface area (Å²) in [4.78, 5) is 23.6. The van der Waals surface area contributed by atoms with E-state index >= 15 is 0 Å². The van der Waals surface area contributed by atoms with Crippen LogP contribution >= 0.6 is 0 Å². The number of carbonyl (C=O) groups is 2. The molecule has 0 bridgehead atoms. The Labute approximate surface area is 134 Å². The quantitative estimate of drug-likeness (QED) is 0.828. The van der Waals surface area contributed by atoms with Gasteiger partial charge in [0.15, 0.2) is 9.84 Å². The lowest BCUT2D eigenvalue weighted by atomic mass is 9.97. The van der Waals surface area contributed by atoms with Gasteiger partial charge < -0.3 is 10.4 Å². The summed E-state index contributed by atoms with van der Waals surface area (Å²) in [6, 6.07) is 3.72. The van der Waals surface area contributed by atoms with Crippen molar-refractivity contribution in [2.75, 3.05) is 11.6 Å². The van der Waals surface area contributed by atoms with E-state index in [4.69, 9.17) is 5.11 Å². The van der Waals surface area contributed by atoms with E-state index in [9.17, 15) is 18.0 Å². The Morgan fingerprint density at radius 3 is 2.13 bits per heavy atom. The molecule has 23 heavy (non-hydrogen) atoms. The zero-order chi connectivity index (χ0) is 16.8. The summed E-state index contributed by atoms with van der Waals surface area (Å²) in [6.45, 7) is 0. The van der Waals surface area contributed by atoms with Gasteiger partial charge in [-0.2, -0.15) is 0 Å². The van der Waals surface area contributed by atoms with Crippen molar-refractivity contribution in [2.45, 2.75) is 30.6 Å². The Kier molecular flexibility index (Phi) is 3.91. The highest BCUT2D eigenvalue weighted by Gasteiger charge is 2.45. The van der Waals surface area contributed by atoms with Crippen molar-refractivity contribution in [1.29, 1.82) is 0 Å². The van der Waals surface area contributed by atoms with Crippen LogP contribution in [0.25, 0.3) is 0 Å². The van der Waals surface area contributed by atoms with Crippen molar-refractivity contribution in [1.82, 2.24) is 0 Å². The molecule has 0 spiro atoms. The summed E-state index contributed by atoms with van der Waals surface area (Å²) in [5.74, 6) is -0.562. The molecule has 0 aliphatic heterocycles. The number of carboxylic acid groups (broad SMARTS) is 1. The summed E-state index contributed by atoms with van der Waals surface area (Å²) in [7, 11) is -3.56. The van der Waals surface area contributed by atoms with Crippen LogP contribution in [0.15, 0.2) is 23.1 Å². The molecule has 0 unspecified atom stereocenters. The molecule has 2 aliphatic carbocycles. The molecule has 6 nitrogen and oxygen atoms in total. The van der Waals surface area contributed by atoms with Gasteiger partial charge in [-0.3, -0.25) is 4.79 Å². The second kappa shape index (κ2) is 5.63. The van der Waals surface area contributed by atoms with Crippen molar-refractivity contribution in [2.24, 2.45) is 17.8 Å². The summed E-state index contributed by atoms with van der Waals surface area (Å²) < 4.78 is 23.4. The average Bonchev–Trinajstić information content (AvgIpc) is 3.32. The predicted octanol–water partition coefficient (Wildman–Crippen LogP) is 2.16. The molecule has 0 radical (unpaired) electrons. The normalized spacial score (nSPS) is 18.0. The lowest BCUT2D eigenvalue weighted by molar-refractivity contribution is -0.121.